The Kier molecular flexibility index (Phi) is 5.20. The Morgan fingerprint density at radius 2 is 1.78 bits per heavy atom. The van der Waals surface area contributed by atoms with E-state index in [1.807, 2.05) is 19.2 Å². The lowest BCUT2D eigenvalue weighted by molar-refractivity contribution is -0.129. The standard InChI is InChI=1S/C23H30N2O2/c1-24(2)21-12-19-14-25(15-20(19)13-22(21)27-3)23(26)11-16-8-9-17-6-4-5-7-18(17)10-16/h4-10,19-22H,11-15H2,1-3H3/t19-,20+,21-,22-/m1/s1. The number of fused-ring (bicyclic) bond motifs is 2. The summed E-state index contributed by atoms with van der Waals surface area (Å²) in [6, 6.07) is 15.1. The zero-order valence-electron chi connectivity index (χ0n) is 16.6. The molecule has 1 heterocycles. The summed E-state index contributed by atoms with van der Waals surface area (Å²) < 4.78 is 5.76. The fourth-order valence-electron chi connectivity index (χ4n) is 5.03. The molecule has 4 atom stereocenters. The lowest BCUT2D eigenvalue weighted by Crippen LogP contribution is -2.47. The van der Waals surface area contributed by atoms with E-state index in [2.05, 4.69) is 54.2 Å². The third kappa shape index (κ3) is 3.74. The number of carbonyl (C=O) groups is 1. The van der Waals surface area contributed by atoms with Crippen LogP contribution in [0.2, 0.25) is 0 Å². The lowest BCUT2D eigenvalue weighted by Gasteiger charge is -2.40. The average Bonchev–Trinajstić information content (AvgIpc) is 3.10. The number of likely N-dealkylation sites (tertiary alicyclic amines) is 1. The highest BCUT2D eigenvalue weighted by molar-refractivity contribution is 5.85. The number of methoxy groups -OCH3 is 1. The fraction of sp³-hybridized carbons (Fsp3) is 0.522. The Hall–Kier alpha value is -1.91. The van der Waals surface area contributed by atoms with Crippen LogP contribution in [0.3, 0.4) is 0 Å². The predicted molar refractivity (Wildman–Crippen MR) is 109 cm³/mol. The van der Waals surface area contributed by atoms with E-state index < -0.39 is 0 Å². The van der Waals surface area contributed by atoms with Crippen LogP contribution in [-0.2, 0) is 16.0 Å². The third-order valence-corrected chi connectivity index (χ3v) is 6.57. The lowest BCUT2D eigenvalue weighted by atomic mass is 9.77. The van der Waals surface area contributed by atoms with Crippen LogP contribution in [0.1, 0.15) is 18.4 Å². The second-order valence-electron chi connectivity index (χ2n) is 8.45. The van der Waals surface area contributed by atoms with Gasteiger partial charge in [0.2, 0.25) is 5.91 Å². The molecule has 0 aromatic heterocycles. The highest BCUT2D eigenvalue weighted by Crippen LogP contribution is 2.39. The van der Waals surface area contributed by atoms with Crippen molar-refractivity contribution < 1.29 is 9.53 Å². The Bertz CT molecular complexity index is 819. The largest absolute Gasteiger partial charge is 0.380 e. The number of benzene rings is 2. The number of hydrogen-bond donors (Lipinski definition) is 0. The topological polar surface area (TPSA) is 32.8 Å². The molecule has 2 fully saturated rings. The maximum absolute atomic E-state index is 12.9. The first kappa shape index (κ1) is 18.5. The van der Waals surface area contributed by atoms with Crippen molar-refractivity contribution in [1.29, 1.82) is 0 Å². The van der Waals surface area contributed by atoms with E-state index in [9.17, 15) is 4.79 Å². The van der Waals surface area contributed by atoms with Crippen LogP contribution >= 0.6 is 0 Å². The minimum atomic E-state index is 0.259. The van der Waals surface area contributed by atoms with Gasteiger partial charge in [0.15, 0.2) is 0 Å². The van der Waals surface area contributed by atoms with Gasteiger partial charge in [-0.25, -0.2) is 0 Å². The molecule has 1 saturated heterocycles. The molecule has 4 heteroatoms. The van der Waals surface area contributed by atoms with Crippen molar-refractivity contribution in [2.24, 2.45) is 11.8 Å². The van der Waals surface area contributed by atoms with Crippen LogP contribution in [0.25, 0.3) is 10.8 Å². The number of hydrogen-bond acceptors (Lipinski definition) is 3. The Balaban J connectivity index is 1.43. The van der Waals surface area contributed by atoms with Crippen LogP contribution in [0.15, 0.2) is 42.5 Å². The highest BCUT2D eigenvalue weighted by Gasteiger charge is 2.44. The molecule has 1 amide bonds. The summed E-state index contributed by atoms with van der Waals surface area (Å²) in [5.41, 5.74) is 1.11. The molecule has 0 spiro atoms. The summed E-state index contributed by atoms with van der Waals surface area (Å²) >= 11 is 0. The van der Waals surface area contributed by atoms with Gasteiger partial charge in [0.25, 0.3) is 0 Å². The van der Waals surface area contributed by atoms with E-state index in [1.54, 1.807) is 0 Å². The molecule has 0 bridgehead atoms. The first-order chi connectivity index (χ1) is 13.0. The maximum atomic E-state index is 12.9. The second-order valence-corrected chi connectivity index (χ2v) is 8.45. The zero-order valence-corrected chi connectivity index (χ0v) is 16.6. The van der Waals surface area contributed by atoms with Gasteiger partial charge in [-0.05, 0) is 55.1 Å². The van der Waals surface area contributed by atoms with Gasteiger partial charge in [0, 0.05) is 26.2 Å². The fourth-order valence-corrected chi connectivity index (χ4v) is 5.03. The SMILES string of the molecule is CO[C@@H]1C[C@H]2CN(C(=O)Cc3ccc4ccccc4c3)C[C@H]2C[C@H]1N(C)C. The van der Waals surface area contributed by atoms with Crippen molar-refractivity contribution in [2.45, 2.75) is 31.4 Å². The molecule has 1 saturated carbocycles. The van der Waals surface area contributed by atoms with Crippen molar-refractivity contribution in [3.63, 3.8) is 0 Å². The molecule has 2 aromatic rings. The molecule has 0 unspecified atom stereocenters. The normalized spacial score (nSPS) is 27.9. The van der Waals surface area contributed by atoms with Crippen LogP contribution < -0.4 is 0 Å². The highest BCUT2D eigenvalue weighted by atomic mass is 16.5. The number of amides is 1. The van der Waals surface area contributed by atoms with E-state index in [0.29, 0.717) is 24.3 Å². The molecule has 1 aliphatic carbocycles. The van der Waals surface area contributed by atoms with Gasteiger partial charge in [-0.15, -0.1) is 0 Å². The number of likely N-dealkylation sites (N-methyl/N-ethyl adjacent to an activating group) is 1. The molecule has 0 radical (unpaired) electrons. The van der Waals surface area contributed by atoms with Crippen molar-refractivity contribution in [3.05, 3.63) is 48.0 Å². The number of nitrogens with zero attached hydrogens (tertiary/aromatic N) is 2. The van der Waals surface area contributed by atoms with Crippen LogP contribution in [0.5, 0.6) is 0 Å². The summed E-state index contributed by atoms with van der Waals surface area (Å²) in [5, 5.41) is 2.43. The van der Waals surface area contributed by atoms with E-state index in [-0.39, 0.29) is 12.0 Å². The first-order valence-electron chi connectivity index (χ1n) is 10.00. The molecule has 1 aliphatic heterocycles. The van der Waals surface area contributed by atoms with Crippen molar-refractivity contribution >= 4 is 16.7 Å². The summed E-state index contributed by atoms with van der Waals surface area (Å²) in [6.45, 7) is 1.79. The quantitative estimate of drug-likeness (QED) is 0.833. The minimum absolute atomic E-state index is 0.259. The molecule has 2 aliphatic rings. The van der Waals surface area contributed by atoms with E-state index in [0.717, 1.165) is 31.5 Å². The third-order valence-electron chi connectivity index (χ3n) is 6.57. The van der Waals surface area contributed by atoms with Gasteiger partial charge in [0.05, 0.1) is 12.5 Å². The zero-order chi connectivity index (χ0) is 19.0. The number of rotatable bonds is 4. The second kappa shape index (κ2) is 7.61. The number of ether oxygens (including phenoxy) is 1. The first-order valence-corrected chi connectivity index (χ1v) is 10.00. The minimum Gasteiger partial charge on any atom is -0.380 e. The Morgan fingerprint density at radius 1 is 1.07 bits per heavy atom. The van der Waals surface area contributed by atoms with Crippen molar-refractivity contribution in [3.8, 4) is 0 Å². The van der Waals surface area contributed by atoms with Crippen molar-refractivity contribution in [2.75, 3.05) is 34.3 Å². The summed E-state index contributed by atoms with van der Waals surface area (Å²) in [6.07, 6.45) is 2.95. The van der Waals surface area contributed by atoms with Crippen LogP contribution in [0.4, 0.5) is 0 Å². The molecule has 144 valence electrons. The molecule has 4 rings (SSSR count). The summed E-state index contributed by atoms with van der Waals surface area (Å²) in [4.78, 5) is 17.3. The average molecular weight is 367 g/mol. The Morgan fingerprint density at radius 3 is 2.48 bits per heavy atom. The molecular formula is C23H30N2O2. The molecule has 2 aromatic carbocycles. The van der Waals surface area contributed by atoms with Gasteiger partial charge < -0.3 is 14.5 Å². The van der Waals surface area contributed by atoms with Gasteiger partial charge in [-0.2, -0.15) is 0 Å². The van der Waals surface area contributed by atoms with Gasteiger partial charge >= 0.3 is 0 Å². The Labute approximate surface area is 162 Å². The maximum Gasteiger partial charge on any atom is 0.227 e. The van der Waals surface area contributed by atoms with E-state index in [4.69, 9.17) is 4.74 Å². The van der Waals surface area contributed by atoms with Crippen molar-refractivity contribution in [1.82, 2.24) is 9.80 Å². The summed E-state index contributed by atoms with van der Waals surface area (Å²) in [7, 11) is 6.09. The molecular weight excluding hydrogens is 336 g/mol. The van der Waals surface area contributed by atoms with Crippen LogP contribution in [0, 0.1) is 11.8 Å². The van der Waals surface area contributed by atoms with E-state index >= 15 is 0 Å². The molecule has 27 heavy (non-hydrogen) atoms. The van der Waals surface area contributed by atoms with Gasteiger partial charge in [-0.3, -0.25) is 4.79 Å². The monoisotopic (exact) mass is 366 g/mol. The predicted octanol–water partition coefficient (Wildman–Crippen LogP) is 3.20. The van der Waals surface area contributed by atoms with Gasteiger partial charge in [0.1, 0.15) is 0 Å². The summed E-state index contributed by atoms with van der Waals surface area (Å²) in [5.74, 6) is 1.44. The number of carbonyl (C=O) groups excluding carboxylic acids is 1. The smallest absolute Gasteiger partial charge is 0.227 e. The van der Waals surface area contributed by atoms with Gasteiger partial charge in [-0.1, -0.05) is 42.5 Å². The molecule has 4 nitrogen and oxygen atoms in total. The van der Waals surface area contributed by atoms with E-state index in [1.165, 1.54) is 10.8 Å². The van der Waals surface area contributed by atoms with Crippen LogP contribution in [-0.4, -0.2) is 62.1 Å². The molecule has 0 N–H and O–H groups in total.